The fourth-order valence-electron chi connectivity index (χ4n) is 1.88. The molecule has 0 amide bonds. The van der Waals surface area contributed by atoms with Crippen LogP contribution in [0, 0.1) is 11.8 Å². The Kier molecular flexibility index (Phi) is 6.86. The van der Waals surface area contributed by atoms with Crippen molar-refractivity contribution in [2.24, 2.45) is 11.8 Å². The van der Waals surface area contributed by atoms with Crippen LogP contribution in [0.3, 0.4) is 0 Å². The van der Waals surface area contributed by atoms with Crippen molar-refractivity contribution in [1.29, 1.82) is 0 Å². The number of nitrogens with zero attached hydrogens (tertiary/aromatic N) is 1. The topological polar surface area (TPSA) is 12.5 Å². The Hall–Kier alpha value is 0.400. The van der Waals surface area contributed by atoms with Crippen molar-refractivity contribution in [2.45, 2.75) is 26.7 Å². The molecule has 0 aromatic carbocycles. The van der Waals surface area contributed by atoms with Crippen LogP contribution in [-0.2, 0) is 4.74 Å². The highest BCUT2D eigenvalue weighted by Gasteiger charge is 2.17. The quantitative estimate of drug-likeness (QED) is 0.547. The molecule has 0 spiro atoms. The average Bonchev–Trinajstić information content (AvgIpc) is 2.25. The molecule has 15 heavy (non-hydrogen) atoms. The minimum absolute atomic E-state index is 0.657. The van der Waals surface area contributed by atoms with Crippen LogP contribution in [0.1, 0.15) is 26.7 Å². The van der Waals surface area contributed by atoms with Crippen LogP contribution < -0.4 is 0 Å². The van der Waals surface area contributed by atoms with E-state index in [-0.39, 0.29) is 0 Å². The first-order valence-corrected chi connectivity index (χ1v) is 7.20. The second kappa shape index (κ2) is 7.64. The predicted molar refractivity (Wildman–Crippen MR) is 68.6 cm³/mol. The van der Waals surface area contributed by atoms with E-state index >= 15 is 0 Å². The van der Waals surface area contributed by atoms with E-state index in [4.69, 9.17) is 4.74 Å². The molecule has 2 nitrogen and oxygen atoms in total. The maximum absolute atomic E-state index is 5.60. The van der Waals surface area contributed by atoms with Gasteiger partial charge < -0.3 is 9.64 Å². The molecule has 3 heteroatoms. The summed E-state index contributed by atoms with van der Waals surface area (Å²) >= 11 is 3.57. The van der Waals surface area contributed by atoms with Gasteiger partial charge in [0.25, 0.3) is 0 Å². The van der Waals surface area contributed by atoms with Crippen LogP contribution in [0.5, 0.6) is 0 Å². The largest absolute Gasteiger partial charge is 0.380 e. The van der Waals surface area contributed by atoms with Crippen molar-refractivity contribution in [3.8, 4) is 0 Å². The molecule has 1 heterocycles. The third kappa shape index (κ3) is 5.88. The van der Waals surface area contributed by atoms with E-state index in [1.807, 2.05) is 0 Å². The van der Waals surface area contributed by atoms with Crippen molar-refractivity contribution in [2.75, 3.05) is 38.2 Å². The molecule has 1 rings (SSSR count). The van der Waals surface area contributed by atoms with E-state index in [9.17, 15) is 0 Å². The van der Waals surface area contributed by atoms with Gasteiger partial charge in [0.1, 0.15) is 0 Å². The van der Waals surface area contributed by atoms with E-state index in [2.05, 4.69) is 34.7 Å². The van der Waals surface area contributed by atoms with Crippen LogP contribution in [0.2, 0.25) is 0 Å². The number of alkyl halides is 1. The Bertz CT molecular complexity index is 156. The zero-order chi connectivity index (χ0) is 11.1. The van der Waals surface area contributed by atoms with E-state index in [1.165, 1.54) is 31.3 Å². The molecule has 1 aliphatic heterocycles. The second-order valence-corrected chi connectivity index (χ2v) is 5.56. The molecule has 90 valence electrons. The van der Waals surface area contributed by atoms with Gasteiger partial charge in [-0.15, -0.1) is 0 Å². The van der Waals surface area contributed by atoms with Gasteiger partial charge >= 0.3 is 0 Å². The highest BCUT2D eigenvalue weighted by molar-refractivity contribution is 9.09. The maximum atomic E-state index is 5.60. The first-order chi connectivity index (χ1) is 7.22. The average molecular weight is 278 g/mol. The number of hydrogen-bond donors (Lipinski definition) is 0. The summed E-state index contributed by atoms with van der Waals surface area (Å²) in [5.74, 6) is 1.56. The lowest BCUT2D eigenvalue weighted by molar-refractivity contribution is 0.0755. The molecule has 0 unspecified atom stereocenters. The Morgan fingerprint density at radius 1 is 1.33 bits per heavy atom. The summed E-state index contributed by atoms with van der Waals surface area (Å²) in [5.41, 5.74) is 0. The summed E-state index contributed by atoms with van der Waals surface area (Å²) in [4.78, 5) is 2.53. The lowest BCUT2D eigenvalue weighted by Gasteiger charge is -2.30. The third-order valence-electron chi connectivity index (χ3n) is 2.93. The van der Waals surface area contributed by atoms with E-state index < -0.39 is 0 Å². The van der Waals surface area contributed by atoms with Crippen LogP contribution in [0.4, 0.5) is 0 Å². The first-order valence-electron chi connectivity index (χ1n) is 6.08. The zero-order valence-corrected chi connectivity index (χ0v) is 11.6. The number of rotatable bonds is 6. The highest BCUT2D eigenvalue weighted by atomic mass is 79.9. The van der Waals surface area contributed by atoms with Gasteiger partial charge in [-0.2, -0.15) is 0 Å². The first kappa shape index (κ1) is 13.5. The Morgan fingerprint density at radius 3 is 2.53 bits per heavy atom. The standard InChI is InChI=1S/C12H24BrNO/c1-11(2)10-15-8-7-14-5-3-12(9-13)4-6-14/h11-12H,3-10H2,1-2H3. The van der Waals surface area contributed by atoms with Crippen molar-refractivity contribution < 1.29 is 4.74 Å². The molecular formula is C12H24BrNO. The monoisotopic (exact) mass is 277 g/mol. The number of piperidine rings is 1. The molecule has 0 bridgehead atoms. The number of hydrogen-bond acceptors (Lipinski definition) is 2. The summed E-state index contributed by atoms with van der Waals surface area (Å²) < 4.78 is 5.60. The Labute approximate surface area is 102 Å². The van der Waals surface area contributed by atoms with Crippen LogP contribution >= 0.6 is 15.9 Å². The van der Waals surface area contributed by atoms with E-state index in [1.54, 1.807) is 0 Å². The fraction of sp³-hybridized carbons (Fsp3) is 1.00. The van der Waals surface area contributed by atoms with Gasteiger partial charge in [-0.3, -0.25) is 0 Å². The molecule has 0 atom stereocenters. The summed E-state index contributed by atoms with van der Waals surface area (Å²) in [5, 5.41) is 1.17. The highest BCUT2D eigenvalue weighted by Crippen LogP contribution is 2.18. The molecule has 0 aliphatic carbocycles. The molecule has 0 N–H and O–H groups in total. The summed E-state index contributed by atoms with van der Waals surface area (Å²) in [6.45, 7) is 9.81. The molecule has 0 aromatic rings. The van der Waals surface area contributed by atoms with Gasteiger partial charge in [0, 0.05) is 18.5 Å². The maximum Gasteiger partial charge on any atom is 0.0593 e. The summed E-state index contributed by atoms with van der Waals surface area (Å²) in [7, 11) is 0. The van der Waals surface area contributed by atoms with Crippen molar-refractivity contribution in [1.82, 2.24) is 4.90 Å². The van der Waals surface area contributed by atoms with Gasteiger partial charge in [-0.1, -0.05) is 29.8 Å². The Balaban J connectivity index is 1.99. The van der Waals surface area contributed by atoms with Crippen molar-refractivity contribution >= 4 is 15.9 Å². The Morgan fingerprint density at radius 2 is 2.00 bits per heavy atom. The molecule has 1 aliphatic rings. The van der Waals surface area contributed by atoms with Gasteiger partial charge in [0.15, 0.2) is 0 Å². The predicted octanol–water partition coefficient (Wildman–Crippen LogP) is 2.77. The molecule has 0 aromatic heterocycles. The summed E-state index contributed by atoms with van der Waals surface area (Å²) in [6.07, 6.45) is 2.69. The van der Waals surface area contributed by atoms with Crippen molar-refractivity contribution in [3.63, 3.8) is 0 Å². The minimum Gasteiger partial charge on any atom is -0.380 e. The van der Waals surface area contributed by atoms with E-state index in [0.29, 0.717) is 5.92 Å². The van der Waals surface area contributed by atoms with Gasteiger partial charge in [-0.25, -0.2) is 0 Å². The van der Waals surface area contributed by atoms with E-state index in [0.717, 1.165) is 25.7 Å². The molecule has 0 saturated carbocycles. The summed E-state index contributed by atoms with van der Waals surface area (Å²) in [6, 6.07) is 0. The smallest absolute Gasteiger partial charge is 0.0593 e. The number of halogens is 1. The lowest BCUT2D eigenvalue weighted by atomic mass is 9.99. The molecule has 1 saturated heterocycles. The normalized spacial score (nSPS) is 20.0. The third-order valence-corrected chi connectivity index (χ3v) is 3.84. The second-order valence-electron chi connectivity index (χ2n) is 4.91. The van der Waals surface area contributed by atoms with Gasteiger partial charge in [0.05, 0.1) is 6.61 Å². The number of likely N-dealkylation sites (tertiary alicyclic amines) is 1. The lowest BCUT2D eigenvalue weighted by Crippen LogP contribution is -2.36. The van der Waals surface area contributed by atoms with Crippen LogP contribution in [0.25, 0.3) is 0 Å². The van der Waals surface area contributed by atoms with Crippen LogP contribution in [0.15, 0.2) is 0 Å². The minimum atomic E-state index is 0.657. The fourth-order valence-corrected chi connectivity index (χ4v) is 2.52. The molecular weight excluding hydrogens is 254 g/mol. The van der Waals surface area contributed by atoms with Gasteiger partial charge in [0.2, 0.25) is 0 Å². The van der Waals surface area contributed by atoms with Gasteiger partial charge in [-0.05, 0) is 37.8 Å². The van der Waals surface area contributed by atoms with Crippen LogP contribution in [-0.4, -0.2) is 43.1 Å². The number of ether oxygens (including phenoxy) is 1. The molecule has 1 fully saturated rings. The molecule has 0 radical (unpaired) electrons. The SMILES string of the molecule is CC(C)COCCN1CCC(CBr)CC1. The zero-order valence-electron chi connectivity index (χ0n) is 10.0. The van der Waals surface area contributed by atoms with Crippen molar-refractivity contribution in [3.05, 3.63) is 0 Å².